The van der Waals surface area contributed by atoms with Gasteiger partial charge in [-0.1, -0.05) is 29.8 Å². The maximum atomic E-state index is 13.0. The predicted octanol–water partition coefficient (Wildman–Crippen LogP) is 3.03. The van der Waals surface area contributed by atoms with Gasteiger partial charge in [-0.3, -0.25) is 4.79 Å². The molecule has 0 saturated heterocycles. The monoisotopic (exact) mass is 371 g/mol. The molecule has 4 bridgehead atoms. The Balaban J connectivity index is 1.78. The first-order valence-electron chi connectivity index (χ1n) is 8.35. The van der Waals surface area contributed by atoms with Gasteiger partial charge >= 0.3 is 5.97 Å². The molecule has 4 fully saturated rings. The Labute approximate surface area is 140 Å². The number of halogens is 1. The second-order valence-corrected chi connectivity index (χ2v) is 9.79. The van der Waals surface area contributed by atoms with Crippen molar-refractivity contribution in [1.82, 2.24) is 5.32 Å². The van der Waals surface area contributed by atoms with Crippen molar-refractivity contribution < 1.29 is 14.3 Å². The Kier molecular flexibility index (Phi) is 4.07. The third kappa shape index (κ3) is 2.70. The molecule has 5 heteroatoms. The minimum atomic E-state index is -0.545. The number of esters is 1. The first kappa shape index (κ1) is 16.3. The average Bonchev–Trinajstić information content (AvgIpc) is 2.40. The summed E-state index contributed by atoms with van der Waals surface area (Å²) in [5.74, 6) is 1.06. The van der Waals surface area contributed by atoms with E-state index in [9.17, 15) is 9.59 Å². The van der Waals surface area contributed by atoms with E-state index >= 15 is 0 Å². The van der Waals surface area contributed by atoms with E-state index in [1.54, 1.807) is 0 Å². The highest BCUT2D eigenvalue weighted by molar-refractivity contribution is 9.10. The van der Waals surface area contributed by atoms with Gasteiger partial charge in [0.25, 0.3) is 0 Å². The molecule has 3 unspecified atom stereocenters. The van der Waals surface area contributed by atoms with Crippen molar-refractivity contribution in [3.8, 4) is 0 Å². The van der Waals surface area contributed by atoms with Crippen molar-refractivity contribution in [2.24, 2.45) is 23.2 Å². The molecule has 0 aliphatic heterocycles. The normalized spacial score (nSPS) is 40.6. The molecule has 124 valence electrons. The number of ether oxygens (including phenoxy) is 1. The van der Waals surface area contributed by atoms with Crippen LogP contribution in [0.5, 0.6) is 0 Å². The van der Waals surface area contributed by atoms with Crippen LogP contribution >= 0.6 is 15.9 Å². The largest absolute Gasteiger partial charge is 0.467 e. The SMILES string of the molecule is COC(=O)C(NC(=O)C12CC3CC(CC(Br)(C3)C1)C2)C(C)C. The van der Waals surface area contributed by atoms with Gasteiger partial charge in [-0.15, -0.1) is 0 Å². The summed E-state index contributed by atoms with van der Waals surface area (Å²) < 4.78 is 5.00. The van der Waals surface area contributed by atoms with Crippen molar-refractivity contribution >= 4 is 27.8 Å². The van der Waals surface area contributed by atoms with Crippen LogP contribution in [0.2, 0.25) is 0 Å². The van der Waals surface area contributed by atoms with Crippen molar-refractivity contribution in [3.05, 3.63) is 0 Å². The molecule has 0 aromatic rings. The van der Waals surface area contributed by atoms with Crippen LogP contribution in [0.25, 0.3) is 0 Å². The minimum absolute atomic E-state index is 0.0308. The van der Waals surface area contributed by atoms with E-state index in [4.69, 9.17) is 4.74 Å². The summed E-state index contributed by atoms with van der Waals surface area (Å²) in [6, 6.07) is -0.545. The molecule has 3 atom stereocenters. The summed E-state index contributed by atoms with van der Waals surface area (Å²) in [6.45, 7) is 3.88. The van der Waals surface area contributed by atoms with E-state index in [1.165, 1.54) is 26.4 Å². The second-order valence-electron chi connectivity index (χ2n) is 8.11. The highest BCUT2D eigenvalue weighted by Crippen LogP contribution is 2.64. The molecule has 0 heterocycles. The van der Waals surface area contributed by atoms with Gasteiger partial charge in [0.2, 0.25) is 5.91 Å². The maximum Gasteiger partial charge on any atom is 0.328 e. The Morgan fingerprint density at radius 3 is 2.23 bits per heavy atom. The lowest BCUT2D eigenvalue weighted by Gasteiger charge is -2.59. The molecular weight excluding hydrogens is 346 g/mol. The molecule has 0 radical (unpaired) electrons. The van der Waals surface area contributed by atoms with Crippen molar-refractivity contribution in [2.45, 2.75) is 62.7 Å². The van der Waals surface area contributed by atoms with Crippen LogP contribution in [0.3, 0.4) is 0 Å². The molecule has 1 N–H and O–H groups in total. The van der Waals surface area contributed by atoms with Crippen molar-refractivity contribution in [3.63, 3.8) is 0 Å². The Bertz CT molecular complexity index is 476. The first-order chi connectivity index (χ1) is 10.3. The summed E-state index contributed by atoms with van der Waals surface area (Å²) in [5, 5.41) is 3.01. The van der Waals surface area contributed by atoms with E-state index in [-0.39, 0.29) is 27.5 Å². The number of amides is 1. The quantitative estimate of drug-likeness (QED) is 0.610. The minimum Gasteiger partial charge on any atom is -0.467 e. The lowest BCUT2D eigenvalue weighted by molar-refractivity contribution is -0.152. The maximum absolute atomic E-state index is 13.0. The number of hydrogen-bond donors (Lipinski definition) is 1. The standard InChI is InChI=1S/C17H26BrNO3/c1-10(2)13(14(20)22-3)19-15(21)16-5-11-4-12(6-16)8-17(18,7-11)9-16/h10-13H,4-9H2,1-3H3,(H,19,21). The van der Waals surface area contributed by atoms with E-state index < -0.39 is 6.04 Å². The van der Waals surface area contributed by atoms with Crippen LogP contribution in [0.1, 0.15) is 52.4 Å². The highest BCUT2D eigenvalue weighted by atomic mass is 79.9. The molecule has 4 aliphatic rings. The van der Waals surface area contributed by atoms with Crippen molar-refractivity contribution in [1.29, 1.82) is 0 Å². The molecule has 1 amide bonds. The topological polar surface area (TPSA) is 55.4 Å². The zero-order chi connectivity index (χ0) is 16.1. The van der Waals surface area contributed by atoms with Gasteiger partial charge in [0.15, 0.2) is 0 Å². The molecule has 0 aromatic carbocycles. The molecule has 0 aromatic heterocycles. The van der Waals surface area contributed by atoms with Gasteiger partial charge in [-0.05, 0) is 56.3 Å². The van der Waals surface area contributed by atoms with E-state index in [0.29, 0.717) is 11.8 Å². The summed E-state index contributed by atoms with van der Waals surface area (Å²) >= 11 is 3.93. The fourth-order valence-electron chi connectivity index (χ4n) is 5.34. The number of methoxy groups -OCH3 is 1. The fourth-order valence-corrected chi connectivity index (χ4v) is 6.79. The zero-order valence-electron chi connectivity index (χ0n) is 13.7. The number of nitrogens with one attached hydrogen (secondary N) is 1. The van der Waals surface area contributed by atoms with Crippen LogP contribution in [-0.2, 0) is 14.3 Å². The molecule has 4 nitrogen and oxygen atoms in total. The summed E-state index contributed by atoms with van der Waals surface area (Å²) in [7, 11) is 1.38. The van der Waals surface area contributed by atoms with Crippen LogP contribution < -0.4 is 5.32 Å². The molecule has 4 aliphatic carbocycles. The third-order valence-corrected chi connectivity index (χ3v) is 6.81. The average molecular weight is 372 g/mol. The van der Waals surface area contributed by atoms with Crippen LogP contribution in [0, 0.1) is 23.2 Å². The zero-order valence-corrected chi connectivity index (χ0v) is 15.2. The lowest BCUT2D eigenvalue weighted by Crippen LogP contribution is -2.60. The predicted molar refractivity (Wildman–Crippen MR) is 87.6 cm³/mol. The Morgan fingerprint density at radius 2 is 1.77 bits per heavy atom. The van der Waals surface area contributed by atoms with E-state index in [0.717, 1.165) is 19.3 Å². The van der Waals surface area contributed by atoms with Gasteiger partial charge in [0.05, 0.1) is 12.5 Å². The van der Waals surface area contributed by atoms with Gasteiger partial charge in [-0.2, -0.15) is 0 Å². The molecule has 4 rings (SSSR count). The Morgan fingerprint density at radius 1 is 1.18 bits per heavy atom. The Hall–Kier alpha value is -0.580. The third-order valence-electron chi connectivity index (χ3n) is 5.88. The van der Waals surface area contributed by atoms with E-state index in [2.05, 4.69) is 21.2 Å². The molecular formula is C17H26BrNO3. The van der Waals surface area contributed by atoms with Crippen LogP contribution in [0.4, 0.5) is 0 Å². The van der Waals surface area contributed by atoms with Gasteiger partial charge < -0.3 is 10.1 Å². The van der Waals surface area contributed by atoms with Crippen molar-refractivity contribution in [2.75, 3.05) is 7.11 Å². The summed E-state index contributed by atoms with van der Waals surface area (Å²) in [5.41, 5.74) is -0.283. The number of hydrogen-bond acceptors (Lipinski definition) is 3. The smallest absolute Gasteiger partial charge is 0.328 e. The number of carbonyl (C=O) groups is 2. The van der Waals surface area contributed by atoms with Crippen LogP contribution in [-0.4, -0.2) is 29.4 Å². The molecule has 4 saturated carbocycles. The van der Waals surface area contributed by atoms with E-state index in [1.807, 2.05) is 13.8 Å². The van der Waals surface area contributed by atoms with Gasteiger partial charge in [0, 0.05) is 4.32 Å². The second kappa shape index (κ2) is 5.50. The number of carbonyl (C=O) groups excluding carboxylic acids is 2. The molecule has 0 spiro atoms. The van der Waals surface area contributed by atoms with Crippen LogP contribution in [0.15, 0.2) is 0 Å². The van der Waals surface area contributed by atoms with Gasteiger partial charge in [0.1, 0.15) is 6.04 Å². The highest BCUT2D eigenvalue weighted by Gasteiger charge is 2.60. The number of alkyl halides is 1. The summed E-state index contributed by atoms with van der Waals surface area (Å²) in [6.07, 6.45) is 6.54. The van der Waals surface area contributed by atoms with Gasteiger partial charge in [-0.25, -0.2) is 4.79 Å². The summed E-state index contributed by atoms with van der Waals surface area (Å²) in [4.78, 5) is 25.0. The number of rotatable bonds is 4. The lowest BCUT2D eigenvalue weighted by atomic mass is 9.49. The fraction of sp³-hybridized carbons (Fsp3) is 0.882. The molecule has 22 heavy (non-hydrogen) atoms. The first-order valence-corrected chi connectivity index (χ1v) is 9.14.